The van der Waals surface area contributed by atoms with E-state index in [1.807, 2.05) is 6.07 Å². The van der Waals surface area contributed by atoms with Crippen LogP contribution in [0.3, 0.4) is 0 Å². The summed E-state index contributed by atoms with van der Waals surface area (Å²) in [6.07, 6.45) is 7.86. The number of sulfone groups is 1. The van der Waals surface area contributed by atoms with Crippen molar-refractivity contribution in [1.82, 2.24) is 4.90 Å². The fraction of sp³-hybridized carbons (Fsp3) is 0.538. The van der Waals surface area contributed by atoms with Gasteiger partial charge < -0.3 is 4.74 Å². The van der Waals surface area contributed by atoms with Gasteiger partial charge in [0.1, 0.15) is 5.75 Å². The van der Waals surface area contributed by atoms with E-state index < -0.39 is 9.84 Å². The monoisotopic (exact) mass is 439 g/mol. The van der Waals surface area contributed by atoms with Crippen LogP contribution in [0.1, 0.15) is 49.7 Å². The third kappa shape index (κ3) is 3.50. The highest BCUT2D eigenvalue weighted by atomic mass is 32.2. The van der Waals surface area contributed by atoms with E-state index in [0.29, 0.717) is 23.3 Å². The standard InChI is InChI=1S/C26H33NO3S/c1-27-20(13-15-31(28,29)22-8-4-3-5-9-22)18-26-14-7-6-10-23(26)25(27)16-19-11-12-21(30-2)17-24(19)26/h3-5,8-9,11-12,17,20,23,25H,6-7,10,13-16,18H2,1-2H3/t20?,23-,25+,26+/m1/s1. The van der Waals surface area contributed by atoms with Crippen molar-refractivity contribution in [2.45, 2.75) is 67.3 Å². The van der Waals surface area contributed by atoms with Crippen molar-refractivity contribution in [1.29, 1.82) is 0 Å². The molecule has 1 saturated heterocycles. The number of hydrogen-bond donors (Lipinski definition) is 0. The van der Waals surface area contributed by atoms with Crippen molar-refractivity contribution < 1.29 is 13.2 Å². The van der Waals surface area contributed by atoms with Crippen molar-refractivity contribution in [3.8, 4) is 5.75 Å². The fourth-order valence-corrected chi connectivity index (χ4v) is 8.21. The van der Waals surface area contributed by atoms with E-state index in [4.69, 9.17) is 4.74 Å². The maximum absolute atomic E-state index is 13.0. The van der Waals surface area contributed by atoms with Crippen LogP contribution in [0.4, 0.5) is 0 Å². The summed E-state index contributed by atoms with van der Waals surface area (Å²) >= 11 is 0. The van der Waals surface area contributed by atoms with Gasteiger partial charge in [0.05, 0.1) is 17.8 Å². The largest absolute Gasteiger partial charge is 0.497 e. The van der Waals surface area contributed by atoms with E-state index in [1.165, 1.54) is 36.8 Å². The van der Waals surface area contributed by atoms with Crippen molar-refractivity contribution in [3.05, 3.63) is 59.7 Å². The van der Waals surface area contributed by atoms with E-state index in [2.05, 4.69) is 30.1 Å². The zero-order chi connectivity index (χ0) is 21.6. The first-order chi connectivity index (χ1) is 14.9. The third-order valence-corrected chi connectivity index (χ3v) is 10.1. The third-order valence-electron chi connectivity index (χ3n) is 8.37. The number of likely N-dealkylation sites (N-methyl/N-ethyl adjacent to an activating group) is 1. The Hall–Kier alpha value is -1.85. The Morgan fingerprint density at radius 3 is 2.71 bits per heavy atom. The molecule has 0 radical (unpaired) electrons. The molecule has 4 nitrogen and oxygen atoms in total. The molecule has 1 unspecified atom stereocenters. The summed E-state index contributed by atoms with van der Waals surface area (Å²) in [6.45, 7) is 0. The topological polar surface area (TPSA) is 46.6 Å². The minimum absolute atomic E-state index is 0.165. The van der Waals surface area contributed by atoms with Gasteiger partial charge in [-0.05, 0) is 80.5 Å². The summed E-state index contributed by atoms with van der Waals surface area (Å²) in [7, 11) is 0.723. The number of benzene rings is 2. The van der Waals surface area contributed by atoms with E-state index >= 15 is 0 Å². The van der Waals surface area contributed by atoms with E-state index in [9.17, 15) is 8.42 Å². The molecule has 166 valence electrons. The lowest BCUT2D eigenvalue weighted by atomic mass is 9.51. The van der Waals surface area contributed by atoms with Gasteiger partial charge in [-0.1, -0.05) is 37.1 Å². The highest BCUT2D eigenvalue weighted by molar-refractivity contribution is 7.91. The van der Waals surface area contributed by atoms with Crippen LogP contribution in [0.5, 0.6) is 5.75 Å². The van der Waals surface area contributed by atoms with Crippen molar-refractivity contribution in [2.75, 3.05) is 19.9 Å². The van der Waals surface area contributed by atoms with Crippen LogP contribution in [0, 0.1) is 5.92 Å². The summed E-state index contributed by atoms with van der Waals surface area (Å²) in [4.78, 5) is 2.97. The lowest BCUT2D eigenvalue weighted by Gasteiger charge is -2.61. The van der Waals surface area contributed by atoms with Gasteiger partial charge in [0, 0.05) is 17.5 Å². The molecule has 3 aliphatic rings. The van der Waals surface area contributed by atoms with Gasteiger partial charge in [0.2, 0.25) is 0 Å². The summed E-state index contributed by atoms with van der Waals surface area (Å²) < 4.78 is 31.5. The first-order valence-electron chi connectivity index (χ1n) is 11.6. The predicted molar refractivity (Wildman–Crippen MR) is 123 cm³/mol. The molecule has 2 aromatic carbocycles. The van der Waals surface area contributed by atoms with Crippen molar-refractivity contribution in [2.24, 2.45) is 5.92 Å². The Morgan fingerprint density at radius 2 is 1.94 bits per heavy atom. The SMILES string of the molecule is COc1ccc2c(c1)[C@]13CCCC[C@@H]1[C@H](C2)N(C)C(CCS(=O)(=O)c1ccccc1)C3. The van der Waals surface area contributed by atoms with Gasteiger partial charge in [-0.25, -0.2) is 8.42 Å². The molecule has 2 aromatic rings. The van der Waals surface area contributed by atoms with Gasteiger partial charge in [-0.15, -0.1) is 0 Å². The molecule has 1 aliphatic heterocycles. The normalized spacial score (nSPS) is 30.3. The van der Waals surface area contributed by atoms with Crippen LogP contribution >= 0.6 is 0 Å². The second-order valence-electron chi connectivity index (χ2n) is 9.75. The average molecular weight is 440 g/mol. The van der Waals surface area contributed by atoms with E-state index in [1.54, 1.807) is 31.4 Å². The van der Waals surface area contributed by atoms with Crippen LogP contribution in [0.2, 0.25) is 0 Å². The minimum Gasteiger partial charge on any atom is -0.497 e. The van der Waals surface area contributed by atoms with Crippen LogP contribution in [0.25, 0.3) is 0 Å². The smallest absolute Gasteiger partial charge is 0.178 e. The van der Waals surface area contributed by atoms with E-state index in [-0.39, 0.29) is 17.2 Å². The van der Waals surface area contributed by atoms with Gasteiger partial charge in [0.15, 0.2) is 9.84 Å². The minimum atomic E-state index is -3.26. The van der Waals surface area contributed by atoms with Gasteiger partial charge in [-0.2, -0.15) is 0 Å². The first kappa shape index (κ1) is 21.0. The molecule has 2 bridgehead atoms. The number of nitrogens with zero attached hydrogens (tertiary/aromatic N) is 1. The van der Waals surface area contributed by atoms with E-state index in [0.717, 1.165) is 18.6 Å². The molecule has 0 spiro atoms. The quantitative estimate of drug-likeness (QED) is 0.682. The zero-order valence-electron chi connectivity index (χ0n) is 18.6. The molecule has 5 rings (SSSR count). The molecule has 31 heavy (non-hydrogen) atoms. The van der Waals surface area contributed by atoms with Crippen molar-refractivity contribution in [3.63, 3.8) is 0 Å². The molecule has 4 atom stereocenters. The van der Waals surface area contributed by atoms with Crippen LogP contribution in [-0.2, 0) is 21.7 Å². The Balaban J connectivity index is 1.46. The molecule has 1 heterocycles. The number of likely N-dealkylation sites (tertiary alicyclic amines) is 1. The number of hydrogen-bond acceptors (Lipinski definition) is 4. The lowest BCUT2D eigenvalue weighted by molar-refractivity contribution is -0.0347. The summed E-state index contributed by atoms with van der Waals surface area (Å²) in [6, 6.07) is 16.3. The molecular weight excluding hydrogens is 406 g/mol. The zero-order valence-corrected chi connectivity index (χ0v) is 19.4. The lowest BCUT2D eigenvalue weighted by Crippen LogP contribution is -2.63. The van der Waals surface area contributed by atoms with Gasteiger partial charge in [-0.3, -0.25) is 4.90 Å². The highest BCUT2D eigenvalue weighted by Gasteiger charge is 2.55. The summed E-state index contributed by atoms with van der Waals surface area (Å²) in [5.74, 6) is 1.82. The maximum Gasteiger partial charge on any atom is 0.178 e. The number of piperidine rings is 1. The number of rotatable bonds is 5. The maximum atomic E-state index is 13.0. The predicted octanol–water partition coefficient (Wildman–Crippen LogP) is 4.62. The van der Waals surface area contributed by atoms with Gasteiger partial charge >= 0.3 is 0 Å². The van der Waals surface area contributed by atoms with Crippen LogP contribution in [-0.4, -0.2) is 45.3 Å². The molecule has 1 saturated carbocycles. The highest BCUT2D eigenvalue weighted by Crippen LogP contribution is 2.57. The number of ether oxygens (including phenoxy) is 1. The summed E-state index contributed by atoms with van der Waals surface area (Å²) in [5, 5.41) is 0. The molecule has 0 amide bonds. The number of methoxy groups -OCH3 is 1. The second kappa shape index (κ2) is 7.93. The fourth-order valence-electron chi connectivity index (χ4n) is 6.82. The summed E-state index contributed by atoms with van der Waals surface area (Å²) in [5.41, 5.74) is 3.11. The molecular formula is C26H33NO3S. The molecule has 5 heteroatoms. The van der Waals surface area contributed by atoms with Crippen LogP contribution in [0.15, 0.2) is 53.4 Å². The Morgan fingerprint density at radius 1 is 1.13 bits per heavy atom. The Bertz CT molecular complexity index is 1050. The second-order valence-corrected chi connectivity index (χ2v) is 11.9. The molecule has 2 fully saturated rings. The molecule has 0 aromatic heterocycles. The first-order valence-corrected chi connectivity index (χ1v) is 13.3. The van der Waals surface area contributed by atoms with Crippen LogP contribution < -0.4 is 4.74 Å². The van der Waals surface area contributed by atoms with Gasteiger partial charge in [0.25, 0.3) is 0 Å². The van der Waals surface area contributed by atoms with Crippen molar-refractivity contribution >= 4 is 9.84 Å². The molecule has 0 N–H and O–H groups in total. The Labute approximate surface area is 186 Å². The molecule has 2 aliphatic carbocycles. The average Bonchev–Trinajstić information content (AvgIpc) is 2.80. The Kier molecular flexibility index (Phi) is 5.38. The number of fused-ring (bicyclic) bond motifs is 1.